The van der Waals surface area contributed by atoms with Gasteiger partial charge in [0.1, 0.15) is 13.2 Å². The molecule has 5 aromatic carbocycles. The minimum absolute atomic E-state index is 0.0997. The van der Waals surface area contributed by atoms with Crippen molar-refractivity contribution in [2.24, 2.45) is 0 Å². The van der Waals surface area contributed by atoms with Crippen molar-refractivity contribution in [3.8, 4) is 0 Å². The number of hydrogen-bond acceptors (Lipinski definition) is 5. The summed E-state index contributed by atoms with van der Waals surface area (Å²) in [4.78, 5) is 25.7. The van der Waals surface area contributed by atoms with Crippen LogP contribution in [-0.4, -0.2) is 27.3 Å². The molecule has 0 bridgehead atoms. The molecule has 0 aliphatic carbocycles. The van der Waals surface area contributed by atoms with E-state index in [1.165, 1.54) is 24.3 Å². The van der Waals surface area contributed by atoms with Gasteiger partial charge in [0.25, 0.3) is 4.90 Å². The monoisotopic (exact) mass is 848 g/mol. The van der Waals surface area contributed by atoms with Crippen LogP contribution in [0.3, 0.4) is 0 Å². The van der Waals surface area contributed by atoms with Crippen LogP contribution in [0.5, 0.6) is 0 Å². The lowest BCUT2D eigenvalue weighted by Crippen LogP contribution is -2.43. The average Bonchev–Trinajstić information content (AvgIpc) is 3.17. The number of anilines is 1. The van der Waals surface area contributed by atoms with E-state index < -0.39 is 106 Å². The van der Waals surface area contributed by atoms with Gasteiger partial charge in [-0.15, -0.1) is 4.31 Å². The maximum absolute atomic E-state index is 14.9. The molecule has 0 N–H and O–H groups in total. The molecule has 57 heavy (non-hydrogen) atoms. The zero-order valence-corrected chi connectivity index (χ0v) is 30.1. The van der Waals surface area contributed by atoms with Crippen molar-refractivity contribution in [3.63, 3.8) is 0 Å². The maximum Gasteiger partial charge on any atom is 0.416 e. The molecule has 0 fully saturated rings. The van der Waals surface area contributed by atoms with Gasteiger partial charge >= 0.3 is 18.3 Å². The number of carbonyl (C=O) groups excluding carboxylic acids is 2. The number of benzene rings is 5. The summed E-state index contributed by atoms with van der Waals surface area (Å²) in [5, 5.41) is 0.181. The lowest BCUT2D eigenvalue weighted by Gasteiger charge is -2.29. The van der Waals surface area contributed by atoms with Gasteiger partial charge in [0.05, 0.1) is 41.1 Å². The predicted molar refractivity (Wildman–Crippen MR) is 184 cm³/mol. The number of halogens is 12. The van der Waals surface area contributed by atoms with Crippen molar-refractivity contribution in [1.82, 2.24) is 4.31 Å². The molecule has 5 aromatic rings. The van der Waals surface area contributed by atoms with E-state index in [9.17, 15) is 62.4 Å². The Bertz CT molecular complexity index is 2180. The summed E-state index contributed by atoms with van der Waals surface area (Å²) in [6, 6.07) is 18.6. The first-order chi connectivity index (χ1) is 26.7. The highest BCUT2D eigenvalue weighted by molar-refractivity contribution is 7.89. The van der Waals surface area contributed by atoms with Crippen LogP contribution < -0.4 is 4.90 Å². The number of rotatable bonds is 12. The van der Waals surface area contributed by atoms with Gasteiger partial charge in [-0.1, -0.05) is 54.1 Å². The highest BCUT2D eigenvalue weighted by Gasteiger charge is 2.40. The molecule has 300 valence electrons. The summed E-state index contributed by atoms with van der Waals surface area (Å²) in [5.74, 6) is -14.6. The average molecular weight is 849 g/mol. The van der Waals surface area contributed by atoms with Crippen LogP contribution in [0.1, 0.15) is 38.2 Å². The minimum atomic E-state index is -5.28. The second kappa shape index (κ2) is 17.5. The number of alkyl halides is 6. The van der Waals surface area contributed by atoms with Crippen molar-refractivity contribution < 1.29 is 67.2 Å². The van der Waals surface area contributed by atoms with Gasteiger partial charge < -0.3 is 14.2 Å². The van der Waals surface area contributed by atoms with Crippen LogP contribution >= 0.6 is 11.6 Å². The number of esters is 1. The van der Waals surface area contributed by atoms with E-state index in [0.29, 0.717) is 26.9 Å². The molecule has 0 saturated heterocycles. The number of hydrogen-bond donors (Lipinski definition) is 0. The van der Waals surface area contributed by atoms with Gasteiger partial charge in [0.15, 0.2) is 0 Å². The number of carbonyl (C=O) groups is 2. The number of amides is 1. The third kappa shape index (κ3) is 10.4. The first kappa shape index (κ1) is 43.0. The molecule has 0 aliphatic heterocycles. The Labute approximate surface area is 324 Å². The van der Waals surface area contributed by atoms with E-state index in [1.807, 2.05) is 0 Å². The fraction of sp³-hybridized carbons (Fsp3) is 0.158. The smallest absolute Gasteiger partial charge is 0.416 e. The zero-order valence-electron chi connectivity index (χ0n) is 28.5. The normalized spacial score (nSPS) is 12.5. The fourth-order valence-electron chi connectivity index (χ4n) is 5.27. The highest BCUT2D eigenvalue weighted by atomic mass is 35.5. The summed E-state index contributed by atoms with van der Waals surface area (Å²) in [5.41, 5.74) is -3.79. The van der Waals surface area contributed by atoms with Gasteiger partial charge in [0, 0.05) is 10.7 Å². The molecule has 0 heterocycles. The Morgan fingerprint density at radius 1 is 0.649 bits per heavy atom. The van der Waals surface area contributed by atoms with Gasteiger partial charge in [-0.3, -0.25) is 4.79 Å². The Balaban J connectivity index is 1.56. The number of nitrogens with zero attached hydrogens (tertiary/aromatic N) is 2. The van der Waals surface area contributed by atoms with E-state index in [4.69, 9.17) is 16.3 Å². The largest absolute Gasteiger partial charge is 0.593 e. The molecule has 1 unspecified atom stereocenters. The van der Waals surface area contributed by atoms with E-state index in [1.54, 1.807) is 30.3 Å². The van der Waals surface area contributed by atoms with E-state index in [0.717, 1.165) is 24.3 Å². The second-order valence-corrected chi connectivity index (χ2v) is 13.9. The predicted octanol–water partition coefficient (Wildman–Crippen LogP) is 10.2. The second-order valence-electron chi connectivity index (χ2n) is 12.1. The van der Waals surface area contributed by atoms with Gasteiger partial charge in [-0.2, -0.15) is 35.1 Å². The molecule has 0 aromatic heterocycles. The van der Waals surface area contributed by atoms with E-state index in [2.05, 4.69) is 0 Å². The van der Waals surface area contributed by atoms with Crippen molar-refractivity contribution in [2.45, 2.75) is 36.9 Å². The molecule has 1 atom stereocenters. The van der Waals surface area contributed by atoms with Gasteiger partial charge in [0.2, 0.25) is 35.0 Å². The molecule has 19 heteroatoms. The van der Waals surface area contributed by atoms with Crippen LogP contribution in [0.4, 0.5) is 54.0 Å². The van der Waals surface area contributed by atoms with Crippen molar-refractivity contribution in [1.29, 1.82) is 0 Å². The standard InChI is InChI=1S/C38H24ClF11N2O4S/c39-27-10-6-21(7-11-27)17-51(57(55)35-33(43)31(41)30(40)32(42)34(35)44)19-29(53)52(18-23-14-25(37(45,46)47)16-26(15-23)38(48,49)50)28-12-8-24(9-13-28)36(54)56-20-22-4-2-1-3-5-22/h1-16H,17-20H2. The minimum Gasteiger partial charge on any atom is -0.593 e. The summed E-state index contributed by atoms with van der Waals surface area (Å²) in [6.45, 7) is -3.15. The van der Waals surface area contributed by atoms with Crippen molar-refractivity contribution in [3.05, 3.63) is 165 Å². The fourth-order valence-corrected chi connectivity index (χ4v) is 6.63. The van der Waals surface area contributed by atoms with Crippen LogP contribution in [0.25, 0.3) is 0 Å². The van der Waals surface area contributed by atoms with Crippen LogP contribution in [0, 0.1) is 29.1 Å². The van der Waals surface area contributed by atoms with Gasteiger partial charge in [-0.25, -0.2) is 18.0 Å². The number of ether oxygens (including phenoxy) is 1. The van der Waals surface area contributed by atoms with E-state index >= 15 is 0 Å². The highest BCUT2D eigenvalue weighted by Crippen LogP contribution is 2.37. The van der Waals surface area contributed by atoms with E-state index in [-0.39, 0.29) is 34.5 Å². The molecule has 0 radical (unpaired) electrons. The third-order valence-corrected chi connectivity index (χ3v) is 9.77. The Kier molecular flexibility index (Phi) is 13.2. The van der Waals surface area contributed by atoms with Crippen molar-refractivity contribution >= 4 is 40.5 Å². The summed E-state index contributed by atoms with van der Waals surface area (Å²) in [7, 11) is 0. The Morgan fingerprint density at radius 3 is 1.70 bits per heavy atom. The van der Waals surface area contributed by atoms with Crippen LogP contribution in [-0.2, 0) is 52.9 Å². The first-order valence-electron chi connectivity index (χ1n) is 16.1. The molecule has 6 nitrogen and oxygen atoms in total. The zero-order chi connectivity index (χ0) is 41.8. The topological polar surface area (TPSA) is 72.9 Å². The quantitative estimate of drug-likeness (QED) is 0.0411. The molecule has 0 saturated carbocycles. The maximum atomic E-state index is 14.9. The molecular formula is C38H24ClF11N2O4S. The molecular weight excluding hydrogens is 825 g/mol. The first-order valence-corrected chi connectivity index (χ1v) is 17.6. The molecule has 5 rings (SSSR count). The molecule has 0 aliphatic rings. The van der Waals surface area contributed by atoms with Crippen molar-refractivity contribution in [2.75, 3.05) is 11.4 Å². The summed E-state index contributed by atoms with van der Waals surface area (Å²) in [6.07, 6.45) is -10.6. The Hall–Kier alpha value is -5.17. The van der Waals surface area contributed by atoms with Crippen LogP contribution in [0.2, 0.25) is 5.02 Å². The SMILES string of the molecule is O=C(OCc1ccccc1)c1ccc(N(Cc2cc(C(F)(F)F)cc(C(F)(F)F)c2)C(=O)CN(Cc2ccc(Cl)cc2)[S+]([O-])c2c(F)c(F)c(F)c(F)c2F)cc1. The van der Waals surface area contributed by atoms with Crippen LogP contribution in [0.15, 0.2) is 102 Å². The lowest BCUT2D eigenvalue weighted by molar-refractivity contribution is -0.143. The molecule has 1 amide bonds. The Morgan fingerprint density at radius 2 is 1.18 bits per heavy atom. The summed E-state index contributed by atoms with van der Waals surface area (Å²) >= 11 is 2.52. The molecule has 0 spiro atoms. The summed E-state index contributed by atoms with van der Waals surface area (Å²) < 4.78 is 174. The lowest BCUT2D eigenvalue weighted by atomic mass is 10.0. The third-order valence-electron chi connectivity index (χ3n) is 8.08. The van der Waals surface area contributed by atoms with Gasteiger partial charge in [-0.05, 0) is 71.3 Å².